The molecule has 0 fully saturated rings. The van der Waals surface area contributed by atoms with Crippen LogP contribution >= 0.6 is 0 Å². The Bertz CT molecular complexity index is 373. The summed E-state index contributed by atoms with van der Waals surface area (Å²) in [5.74, 6) is 1.19. The van der Waals surface area contributed by atoms with Gasteiger partial charge < -0.3 is 16.2 Å². The van der Waals surface area contributed by atoms with Gasteiger partial charge in [-0.15, -0.1) is 0 Å². The molecule has 4 N–H and O–H groups in total. The first-order valence-electron chi connectivity index (χ1n) is 4.07. The van der Waals surface area contributed by atoms with Crippen LogP contribution in [0.15, 0.2) is 23.2 Å². The van der Waals surface area contributed by atoms with E-state index in [1.165, 1.54) is 0 Å². The maximum atomic E-state index is 5.62. The number of anilines is 1. The average molecular weight is 177 g/mol. The number of fused-ring (bicyclic) bond motifs is 1. The molecule has 0 aromatic heterocycles. The van der Waals surface area contributed by atoms with Gasteiger partial charge in [0, 0.05) is 11.8 Å². The number of nitrogens with zero attached hydrogens (tertiary/aromatic N) is 1. The van der Waals surface area contributed by atoms with Crippen LogP contribution in [-0.4, -0.2) is 11.9 Å². The molecule has 2 rings (SSSR count). The second-order valence-corrected chi connectivity index (χ2v) is 3.02. The molecule has 4 nitrogen and oxygen atoms in total. The number of benzene rings is 1. The molecule has 0 amide bonds. The molecule has 0 aliphatic carbocycles. The summed E-state index contributed by atoms with van der Waals surface area (Å²) < 4.78 is 5.49. The summed E-state index contributed by atoms with van der Waals surface area (Å²) in [5, 5.41) is 0. The SMILES string of the molecule is CC1Oc2cc(N)ccc2N=C1N. The second kappa shape index (κ2) is 2.65. The number of ether oxygens (including phenoxy) is 1. The Kier molecular flexibility index (Phi) is 1.62. The van der Waals surface area contributed by atoms with Crippen molar-refractivity contribution in [3.63, 3.8) is 0 Å². The fraction of sp³-hybridized carbons (Fsp3) is 0.222. The zero-order chi connectivity index (χ0) is 9.42. The summed E-state index contributed by atoms with van der Waals surface area (Å²) in [5.41, 5.74) is 12.6. The van der Waals surface area contributed by atoms with Gasteiger partial charge in [0.25, 0.3) is 0 Å². The van der Waals surface area contributed by atoms with E-state index in [9.17, 15) is 0 Å². The summed E-state index contributed by atoms with van der Waals surface area (Å²) in [7, 11) is 0. The first-order valence-corrected chi connectivity index (χ1v) is 4.07. The maximum Gasteiger partial charge on any atom is 0.153 e. The lowest BCUT2D eigenvalue weighted by Crippen LogP contribution is -2.33. The van der Waals surface area contributed by atoms with Crippen molar-refractivity contribution in [1.82, 2.24) is 0 Å². The second-order valence-electron chi connectivity index (χ2n) is 3.02. The molecule has 0 saturated heterocycles. The van der Waals surface area contributed by atoms with Crippen molar-refractivity contribution in [3.8, 4) is 5.75 Å². The molecular weight excluding hydrogens is 166 g/mol. The number of aliphatic imine (C=N–C) groups is 1. The first-order chi connectivity index (χ1) is 6.16. The summed E-state index contributed by atoms with van der Waals surface area (Å²) in [6, 6.07) is 5.32. The van der Waals surface area contributed by atoms with Crippen LogP contribution in [0.25, 0.3) is 0 Å². The highest BCUT2D eigenvalue weighted by atomic mass is 16.5. The molecule has 1 aromatic carbocycles. The lowest BCUT2D eigenvalue weighted by molar-refractivity contribution is 0.282. The Hall–Kier alpha value is -1.71. The quantitative estimate of drug-likeness (QED) is 0.581. The number of amidine groups is 1. The van der Waals surface area contributed by atoms with Gasteiger partial charge in [0.1, 0.15) is 17.3 Å². The number of hydrogen-bond donors (Lipinski definition) is 2. The van der Waals surface area contributed by atoms with Gasteiger partial charge in [0.05, 0.1) is 0 Å². The van der Waals surface area contributed by atoms with Gasteiger partial charge in [0.2, 0.25) is 0 Å². The molecule has 13 heavy (non-hydrogen) atoms. The number of nitrogens with two attached hydrogens (primary N) is 2. The summed E-state index contributed by atoms with van der Waals surface area (Å²) in [6.45, 7) is 1.85. The van der Waals surface area contributed by atoms with E-state index in [-0.39, 0.29) is 6.10 Å². The summed E-state index contributed by atoms with van der Waals surface area (Å²) >= 11 is 0. The van der Waals surface area contributed by atoms with E-state index in [1.807, 2.05) is 6.92 Å². The summed E-state index contributed by atoms with van der Waals surface area (Å²) in [4.78, 5) is 4.18. The Morgan fingerprint density at radius 3 is 2.92 bits per heavy atom. The molecule has 1 aliphatic rings. The number of nitrogen functional groups attached to an aromatic ring is 1. The fourth-order valence-corrected chi connectivity index (χ4v) is 1.20. The van der Waals surface area contributed by atoms with Gasteiger partial charge in [-0.2, -0.15) is 0 Å². The zero-order valence-electron chi connectivity index (χ0n) is 7.32. The largest absolute Gasteiger partial charge is 0.480 e. The van der Waals surface area contributed by atoms with Crippen molar-refractivity contribution >= 4 is 17.2 Å². The Morgan fingerprint density at radius 2 is 2.15 bits per heavy atom. The van der Waals surface area contributed by atoms with E-state index in [1.54, 1.807) is 18.2 Å². The lowest BCUT2D eigenvalue weighted by Gasteiger charge is -2.20. The van der Waals surface area contributed by atoms with Crippen molar-refractivity contribution in [3.05, 3.63) is 18.2 Å². The van der Waals surface area contributed by atoms with E-state index < -0.39 is 0 Å². The topological polar surface area (TPSA) is 73.6 Å². The van der Waals surface area contributed by atoms with Crippen molar-refractivity contribution in [1.29, 1.82) is 0 Å². The van der Waals surface area contributed by atoms with Crippen molar-refractivity contribution < 1.29 is 4.74 Å². The third-order valence-corrected chi connectivity index (χ3v) is 1.95. The van der Waals surface area contributed by atoms with Gasteiger partial charge in [-0.05, 0) is 19.1 Å². The standard InChI is InChI=1S/C9H11N3O/c1-5-9(11)12-7-3-2-6(10)4-8(7)13-5/h2-5H,10H2,1H3,(H2,11,12). The molecule has 1 aromatic rings. The van der Waals surface area contributed by atoms with E-state index >= 15 is 0 Å². The minimum absolute atomic E-state index is 0.172. The van der Waals surface area contributed by atoms with E-state index in [0.29, 0.717) is 17.3 Å². The molecule has 1 heterocycles. The van der Waals surface area contributed by atoms with Crippen LogP contribution in [0.2, 0.25) is 0 Å². The predicted octanol–water partition coefficient (Wildman–Crippen LogP) is 1.04. The third-order valence-electron chi connectivity index (χ3n) is 1.95. The van der Waals surface area contributed by atoms with Crippen LogP contribution in [0.1, 0.15) is 6.92 Å². The molecule has 1 atom stereocenters. The van der Waals surface area contributed by atoms with Gasteiger partial charge in [-0.1, -0.05) is 0 Å². The van der Waals surface area contributed by atoms with Crippen LogP contribution < -0.4 is 16.2 Å². The smallest absolute Gasteiger partial charge is 0.153 e. The van der Waals surface area contributed by atoms with E-state index in [0.717, 1.165) is 5.69 Å². The van der Waals surface area contributed by atoms with E-state index in [2.05, 4.69) is 4.99 Å². The summed E-state index contributed by atoms with van der Waals surface area (Å²) in [6.07, 6.45) is -0.172. The Labute approximate surface area is 76.2 Å². The lowest BCUT2D eigenvalue weighted by atomic mass is 10.2. The Morgan fingerprint density at radius 1 is 1.38 bits per heavy atom. The van der Waals surface area contributed by atoms with Crippen LogP contribution in [0.4, 0.5) is 11.4 Å². The highest BCUT2D eigenvalue weighted by Crippen LogP contribution is 2.33. The molecule has 68 valence electrons. The molecule has 1 unspecified atom stereocenters. The van der Waals surface area contributed by atoms with Crippen LogP contribution in [0.3, 0.4) is 0 Å². The van der Waals surface area contributed by atoms with Crippen LogP contribution in [0.5, 0.6) is 5.75 Å². The van der Waals surface area contributed by atoms with Crippen molar-refractivity contribution in [2.24, 2.45) is 10.7 Å². The third kappa shape index (κ3) is 1.30. The molecular formula is C9H11N3O. The molecule has 0 saturated carbocycles. The molecule has 0 bridgehead atoms. The fourth-order valence-electron chi connectivity index (χ4n) is 1.20. The van der Waals surface area contributed by atoms with Crippen molar-refractivity contribution in [2.45, 2.75) is 13.0 Å². The minimum Gasteiger partial charge on any atom is -0.480 e. The average Bonchev–Trinajstić information content (AvgIpc) is 2.08. The number of rotatable bonds is 0. The highest BCUT2D eigenvalue weighted by molar-refractivity contribution is 5.90. The number of hydrogen-bond acceptors (Lipinski definition) is 4. The van der Waals surface area contributed by atoms with Gasteiger partial charge in [-0.3, -0.25) is 0 Å². The minimum atomic E-state index is -0.172. The molecule has 4 heteroatoms. The molecule has 1 aliphatic heterocycles. The van der Waals surface area contributed by atoms with E-state index in [4.69, 9.17) is 16.2 Å². The predicted molar refractivity (Wildman–Crippen MR) is 52.2 cm³/mol. The maximum absolute atomic E-state index is 5.62. The normalized spacial score (nSPS) is 20.1. The first kappa shape index (κ1) is 7.91. The Balaban J connectivity index is 2.50. The van der Waals surface area contributed by atoms with Crippen molar-refractivity contribution in [2.75, 3.05) is 5.73 Å². The monoisotopic (exact) mass is 177 g/mol. The van der Waals surface area contributed by atoms with Gasteiger partial charge in [-0.25, -0.2) is 4.99 Å². The van der Waals surface area contributed by atoms with Gasteiger partial charge in [0.15, 0.2) is 6.10 Å². The highest BCUT2D eigenvalue weighted by Gasteiger charge is 2.17. The molecule has 0 spiro atoms. The molecule has 0 radical (unpaired) electrons. The van der Waals surface area contributed by atoms with Crippen LogP contribution in [0, 0.1) is 0 Å². The van der Waals surface area contributed by atoms with Crippen LogP contribution in [-0.2, 0) is 0 Å². The zero-order valence-corrected chi connectivity index (χ0v) is 7.32. The van der Waals surface area contributed by atoms with Gasteiger partial charge >= 0.3 is 0 Å².